The zero-order valence-corrected chi connectivity index (χ0v) is 15.3. The summed E-state index contributed by atoms with van der Waals surface area (Å²) in [6, 6.07) is 9.12. The van der Waals surface area contributed by atoms with E-state index in [1.165, 1.54) is 12.7 Å². The van der Waals surface area contributed by atoms with Gasteiger partial charge in [-0.2, -0.15) is 10.4 Å². The molecule has 0 spiro atoms. The number of hydrogen-bond acceptors (Lipinski definition) is 4. The first-order chi connectivity index (χ1) is 11.8. The molecule has 0 aliphatic carbocycles. The van der Waals surface area contributed by atoms with E-state index in [0.29, 0.717) is 5.56 Å². The van der Waals surface area contributed by atoms with Crippen molar-refractivity contribution in [1.29, 1.82) is 5.26 Å². The SMILES string of the molecule is CO[C@@H](C(=O)N[C@@H](C#N)c1ccc(C(C)(C)C)cc1)c1cnn(C)c1. The maximum absolute atomic E-state index is 12.5. The predicted molar refractivity (Wildman–Crippen MR) is 94.6 cm³/mol. The summed E-state index contributed by atoms with van der Waals surface area (Å²) in [5.74, 6) is -0.373. The van der Waals surface area contributed by atoms with Crippen molar-refractivity contribution in [2.24, 2.45) is 7.05 Å². The third-order valence-electron chi connectivity index (χ3n) is 4.03. The van der Waals surface area contributed by atoms with Crippen molar-refractivity contribution >= 4 is 5.91 Å². The Bertz CT molecular complexity index is 766. The Morgan fingerprint density at radius 1 is 1.28 bits per heavy atom. The van der Waals surface area contributed by atoms with Crippen LogP contribution in [-0.2, 0) is 22.0 Å². The molecule has 0 radical (unpaired) electrons. The van der Waals surface area contributed by atoms with Crippen LogP contribution in [0.5, 0.6) is 0 Å². The lowest BCUT2D eigenvalue weighted by molar-refractivity contribution is -0.131. The van der Waals surface area contributed by atoms with Gasteiger partial charge >= 0.3 is 0 Å². The maximum Gasteiger partial charge on any atom is 0.255 e. The topological polar surface area (TPSA) is 79.9 Å². The fraction of sp³-hybridized carbons (Fsp3) is 0.421. The first kappa shape index (κ1) is 18.7. The number of amides is 1. The molecule has 0 unspecified atom stereocenters. The van der Waals surface area contributed by atoms with E-state index in [0.717, 1.165) is 5.56 Å². The molecule has 0 fully saturated rings. The second-order valence-corrected chi connectivity index (χ2v) is 7.01. The van der Waals surface area contributed by atoms with Gasteiger partial charge in [0.05, 0.1) is 12.3 Å². The number of benzene rings is 1. The van der Waals surface area contributed by atoms with E-state index in [9.17, 15) is 10.1 Å². The van der Waals surface area contributed by atoms with Gasteiger partial charge in [-0.3, -0.25) is 9.48 Å². The lowest BCUT2D eigenvalue weighted by Gasteiger charge is -2.21. The Hall–Kier alpha value is -2.65. The predicted octanol–water partition coefficient (Wildman–Crippen LogP) is 2.79. The lowest BCUT2D eigenvalue weighted by atomic mass is 9.86. The Balaban J connectivity index is 2.15. The summed E-state index contributed by atoms with van der Waals surface area (Å²) in [7, 11) is 3.22. The molecule has 1 aromatic heterocycles. The minimum Gasteiger partial charge on any atom is -0.367 e. The number of rotatable bonds is 5. The zero-order chi connectivity index (χ0) is 18.6. The second kappa shape index (κ2) is 7.49. The first-order valence-electron chi connectivity index (χ1n) is 8.08. The number of aromatic nitrogens is 2. The van der Waals surface area contributed by atoms with E-state index in [2.05, 4.69) is 37.3 Å². The number of carbonyl (C=O) groups excluding carboxylic acids is 1. The van der Waals surface area contributed by atoms with Crippen LogP contribution in [0.3, 0.4) is 0 Å². The number of nitrogens with zero attached hydrogens (tertiary/aromatic N) is 3. The van der Waals surface area contributed by atoms with Crippen molar-refractivity contribution in [3.05, 3.63) is 53.3 Å². The number of carbonyl (C=O) groups is 1. The van der Waals surface area contributed by atoms with Gasteiger partial charge in [0.15, 0.2) is 6.10 Å². The van der Waals surface area contributed by atoms with Crippen LogP contribution in [-0.4, -0.2) is 22.8 Å². The minimum atomic E-state index is -0.807. The van der Waals surface area contributed by atoms with Crippen LogP contribution < -0.4 is 5.32 Å². The Kier molecular flexibility index (Phi) is 5.60. The summed E-state index contributed by atoms with van der Waals surface area (Å²) in [5.41, 5.74) is 2.59. The molecule has 6 heteroatoms. The van der Waals surface area contributed by atoms with Crippen molar-refractivity contribution in [3.8, 4) is 6.07 Å². The molecule has 2 rings (SSSR count). The molecular weight excluding hydrogens is 316 g/mol. The highest BCUT2D eigenvalue weighted by molar-refractivity contribution is 5.82. The molecular formula is C19H24N4O2. The monoisotopic (exact) mass is 340 g/mol. The van der Waals surface area contributed by atoms with Gasteiger partial charge in [-0.1, -0.05) is 45.0 Å². The summed E-state index contributed by atoms with van der Waals surface area (Å²) in [6.07, 6.45) is 2.49. The number of nitriles is 1. The molecule has 1 amide bonds. The Morgan fingerprint density at radius 3 is 2.36 bits per heavy atom. The van der Waals surface area contributed by atoms with Crippen molar-refractivity contribution < 1.29 is 9.53 Å². The van der Waals surface area contributed by atoms with E-state index in [1.807, 2.05) is 24.3 Å². The van der Waals surface area contributed by atoms with Gasteiger partial charge in [0, 0.05) is 25.9 Å². The largest absolute Gasteiger partial charge is 0.367 e. The third kappa shape index (κ3) is 4.46. The highest BCUT2D eigenvalue weighted by Gasteiger charge is 2.25. The molecule has 0 aliphatic rings. The molecule has 2 aromatic rings. The molecule has 132 valence electrons. The number of hydrogen-bond donors (Lipinski definition) is 1. The zero-order valence-electron chi connectivity index (χ0n) is 15.3. The van der Waals surface area contributed by atoms with E-state index in [4.69, 9.17) is 4.74 Å². The lowest BCUT2D eigenvalue weighted by Crippen LogP contribution is -2.33. The van der Waals surface area contributed by atoms with Crippen molar-refractivity contribution in [2.45, 2.75) is 38.3 Å². The molecule has 6 nitrogen and oxygen atoms in total. The molecule has 1 aromatic carbocycles. The molecule has 0 bridgehead atoms. The average molecular weight is 340 g/mol. The fourth-order valence-electron chi connectivity index (χ4n) is 2.55. The molecule has 0 saturated carbocycles. The van der Waals surface area contributed by atoms with Crippen molar-refractivity contribution in [1.82, 2.24) is 15.1 Å². The first-order valence-corrected chi connectivity index (χ1v) is 8.08. The standard InChI is InChI=1S/C19H24N4O2/c1-19(2,3)15-8-6-13(7-9-15)16(10-20)22-18(24)17(25-5)14-11-21-23(4)12-14/h6-9,11-12,16-17H,1-5H3,(H,22,24)/t16-,17+/m0/s1. The van der Waals surface area contributed by atoms with Crippen LogP contribution in [0, 0.1) is 11.3 Å². The summed E-state index contributed by atoms with van der Waals surface area (Å²) in [6.45, 7) is 6.38. The van der Waals surface area contributed by atoms with Crippen LogP contribution in [0.4, 0.5) is 0 Å². The van der Waals surface area contributed by atoms with Gasteiger partial charge < -0.3 is 10.1 Å². The van der Waals surface area contributed by atoms with Crippen LogP contribution >= 0.6 is 0 Å². The van der Waals surface area contributed by atoms with Gasteiger partial charge in [-0.25, -0.2) is 0 Å². The minimum absolute atomic E-state index is 0.0331. The highest BCUT2D eigenvalue weighted by Crippen LogP contribution is 2.24. The Labute approximate surface area is 148 Å². The van der Waals surface area contributed by atoms with Crippen LogP contribution in [0.25, 0.3) is 0 Å². The molecule has 2 atom stereocenters. The second-order valence-electron chi connectivity index (χ2n) is 7.01. The number of ether oxygens (including phenoxy) is 1. The maximum atomic E-state index is 12.5. The summed E-state index contributed by atoms with van der Waals surface area (Å²) < 4.78 is 6.88. The van der Waals surface area contributed by atoms with Crippen molar-refractivity contribution in [2.75, 3.05) is 7.11 Å². The number of nitrogens with one attached hydrogen (secondary N) is 1. The Morgan fingerprint density at radius 2 is 1.92 bits per heavy atom. The van der Waals surface area contributed by atoms with E-state index in [-0.39, 0.29) is 11.3 Å². The third-order valence-corrected chi connectivity index (χ3v) is 4.03. The molecule has 25 heavy (non-hydrogen) atoms. The van der Waals surface area contributed by atoms with Gasteiger partial charge in [-0.05, 0) is 16.5 Å². The van der Waals surface area contributed by atoms with Crippen LogP contribution in [0.15, 0.2) is 36.7 Å². The average Bonchev–Trinajstić information content (AvgIpc) is 2.98. The molecule has 0 aliphatic heterocycles. The van der Waals surface area contributed by atoms with Gasteiger partial charge in [0.1, 0.15) is 6.04 Å². The van der Waals surface area contributed by atoms with Gasteiger partial charge in [0.25, 0.3) is 5.91 Å². The number of aryl methyl sites for hydroxylation is 1. The van der Waals surface area contributed by atoms with Gasteiger partial charge in [0.2, 0.25) is 0 Å². The molecule has 0 saturated heterocycles. The number of methoxy groups -OCH3 is 1. The van der Waals surface area contributed by atoms with Gasteiger partial charge in [-0.15, -0.1) is 0 Å². The fourth-order valence-corrected chi connectivity index (χ4v) is 2.55. The molecule has 1 N–H and O–H groups in total. The highest BCUT2D eigenvalue weighted by atomic mass is 16.5. The van der Waals surface area contributed by atoms with Crippen LogP contribution in [0.1, 0.15) is 49.6 Å². The normalized spacial score (nSPS) is 13.8. The summed E-state index contributed by atoms with van der Waals surface area (Å²) >= 11 is 0. The quantitative estimate of drug-likeness (QED) is 0.907. The molecule has 1 heterocycles. The summed E-state index contributed by atoms with van der Waals surface area (Å²) in [4.78, 5) is 12.5. The smallest absolute Gasteiger partial charge is 0.255 e. The van der Waals surface area contributed by atoms with E-state index in [1.54, 1.807) is 24.1 Å². The van der Waals surface area contributed by atoms with E-state index >= 15 is 0 Å². The van der Waals surface area contributed by atoms with E-state index < -0.39 is 12.1 Å². The summed E-state index contributed by atoms with van der Waals surface area (Å²) in [5, 5.41) is 16.3. The van der Waals surface area contributed by atoms with Crippen molar-refractivity contribution in [3.63, 3.8) is 0 Å². The van der Waals surface area contributed by atoms with Crippen LogP contribution in [0.2, 0.25) is 0 Å².